The van der Waals surface area contributed by atoms with Gasteiger partial charge >= 0.3 is 0 Å². The van der Waals surface area contributed by atoms with Crippen LogP contribution in [0.5, 0.6) is 0 Å². The van der Waals surface area contributed by atoms with Crippen LogP contribution in [0.2, 0.25) is 0 Å². The number of aliphatic hydroxyl groups excluding tert-OH is 1. The molecule has 0 radical (unpaired) electrons. The van der Waals surface area contributed by atoms with Crippen LogP contribution in [0.15, 0.2) is 0 Å². The van der Waals surface area contributed by atoms with Crippen LogP contribution in [0.4, 0.5) is 0 Å². The molecule has 1 saturated heterocycles. The second kappa shape index (κ2) is 7.56. The molecule has 4 N–H and O–H groups in total. The van der Waals surface area contributed by atoms with E-state index in [9.17, 15) is 4.79 Å². The van der Waals surface area contributed by atoms with E-state index in [4.69, 9.17) is 15.7 Å². The summed E-state index contributed by atoms with van der Waals surface area (Å²) >= 11 is 0. The van der Waals surface area contributed by atoms with Crippen molar-refractivity contribution in [3.8, 4) is 0 Å². The van der Waals surface area contributed by atoms with Crippen LogP contribution in [0.3, 0.4) is 0 Å². The van der Waals surface area contributed by atoms with Crippen molar-refractivity contribution in [3.05, 3.63) is 0 Å². The number of carbonyl (C=O) groups excluding carboxylic acids is 1. The van der Waals surface area contributed by atoms with Crippen LogP contribution in [0.1, 0.15) is 19.3 Å². The molecule has 1 aliphatic rings. The first kappa shape index (κ1) is 13.4. The van der Waals surface area contributed by atoms with Gasteiger partial charge in [-0.05, 0) is 12.8 Å². The van der Waals surface area contributed by atoms with Crippen LogP contribution in [-0.4, -0.2) is 54.9 Å². The normalized spacial score (nSPS) is 18.6. The number of aliphatic hydroxyl groups is 1. The van der Waals surface area contributed by atoms with Crippen molar-refractivity contribution >= 4 is 5.91 Å². The third-order valence-electron chi connectivity index (χ3n) is 2.80. The fourth-order valence-electron chi connectivity index (χ4n) is 1.85. The molecule has 0 bridgehead atoms. The first-order chi connectivity index (χ1) is 7.76. The highest BCUT2D eigenvalue weighted by Gasteiger charge is 2.19. The molecular formula is C10H21N3O3. The fraction of sp³-hybridized carbons (Fsp3) is 0.900. The zero-order chi connectivity index (χ0) is 11.8. The summed E-state index contributed by atoms with van der Waals surface area (Å²) in [6.07, 6.45) is 2.62. The van der Waals surface area contributed by atoms with Crippen molar-refractivity contribution in [2.75, 3.05) is 32.8 Å². The van der Waals surface area contributed by atoms with Gasteiger partial charge in [-0.1, -0.05) is 0 Å². The second-order valence-electron chi connectivity index (χ2n) is 3.95. The number of hydrazine groups is 1. The summed E-state index contributed by atoms with van der Waals surface area (Å²) in [4.78, 5) is 13.2. The summed E-state index contributed by atoms with van der Waals surface area (Å²) in [7, 11) is 0. The number of nitrogens with zero attached hydrogens (tertiary/aromatic N) is 1. The molecule has 1 heterocycles. The second-order valence-corrected chi connectivity index (χ2v) is 3.95. The summed E-state index contributed by atoms with van der Waals surface area (Å²) < 4.78 is 5.45. The fourth-order valence-corrected chi connectivity index (χ4v) is 1.85. The van der Waals surface area contributed by atoms with E-state index in [-0.39, 0.29) is 18.6 Å². The number of rotatable bonds is 6. The largest absolute Gasteiger partial charge is 0.394 e. The molecule has 16 heavy (non-hydrogen) atoms. The summed E-state index contributed by atoms with van der Waals surface area (Å²) in [5.74, 6) is 4.88. The Morgan fingerprint density at radius 1 is 1.50 bits per heavy atom. The first-order valence-corrected chi connectivity index (χ1v) is 5.70. The number of likely N-dealkylation sites (tertiary alicyclic amines) is 1. The van der Waals surface area contributed by atoms with Gasteiger partial charge in [0.15, 0.2) is 0 Å². The molecule has 0 aromatic heterocycles. The summed E-state index contributed by atoms with van der Waals surface area (Å²) in [5.41, 5.74) is 2.12. The molecule has 1 fully saturated rings. The van der Waals surface area contributed by atoms with Crippen molar-refractivity contribution in [2.45, 2.75) is 25.4 Å². The highest BCUT2D eigenvalue weighted by Crippen LogP contribution is 2.13. The maximum Gasteiger partial charge on any atom is 0.235 e. The minimum atomic E-state index is -0.126. The Hall–Kier alpha value is -0.690. The van der Waals surface area contributed by atoms with E-state index in [1.54, 1.807) is 0 Å². The standard InChI is InChI=1S/C10H21N3O3/c11-12-10(15)3-6-13-4-1-9(2-5-13)16-8-7-14/h9,14H,1-8,11H2,(H,12,15). The Morgan fingerprint density at radius 2 is 2.19 bits per heavy atom. The predicted octanol–water partition coefficient (Wildman–Crippen LogP) is -1.16. The summed E-state index contributed by atoms with van der Waals surface area (Å²) in [5, 5.41) is 8.63. The quantitative estimate of drug-likeness (QED) is 0.305. The highest BCUT2D eigenvalue weighted by atomic mass is 16.5. The Labute approximate surface area is 95.7 Å². The van der Waals surface area contributed by atoms with Gasteiger partial charge in [-0.15, -0.1) is 0 Å². The van der Waals surface area contributed by atoms with E-state index in [2.05, 4.69) is 10.3 Å². The van der Waals surface area contributed by atoms with Crippen LogP contribution in [0.25, 0.3) is 0 Å². The monoisotopic (exact) mass is 231 g/mol. The van der Waals surface area contributed by atoms with Gasteiger partial charge in [0, 0.05) is 26.1 Å². The maximum absolute atomic E-state index is 10.9. The average Bonchev–Trinajstić information content (AvgIpc) is 2.34. The average molecular weight is 231 g/mol. The number of nitrogens with one attached hydrogen (secondary N) is 1. The molecule has 0 aromatic rings. The van der Waals surface area contributed by atoms with Crippen molar-refractivity contribution in [3.63, 3.8) is 0 Å². The van der Waals surface area contributed by atoms with Gasteiger partial charge < -0.3 is 14.7 Å². The third kappa shape index (κ3) is 4.89. The molecule has 6 nitrogen and oxygen atoms in total. The van der Waals surface area contributed by atoms with Crippen molar-refractivity contribution < 1.29 is 14.6 Å². The van der Waals surface area contributed by atoms with Gasteiger partial charge in [-0.3, -0.25) is 10.2 Å². The zero-order valence-electron chi connectivity index (χ0n) is 9.52. The van der Waals surface area contributed by atoms with Gasteiger partial charge in [0.25, 0.3) is 0 Å². The number of carbonyl (C=O) groups is 1. The van der Waals surface area contributed by atoms with Crippen molar-refractivity contribution in [1.82, 2.24) is 10.3 Å². The SMILES string of the molecule is NNC(=O)CCN1CCC(OCCO)CC1. The maximum atomic E-state index is 10.9. The van der Waals surface area contributed by atoms with E-state index in [1.165, 1.54) is 0 Å². The zero-order valence-corrected chi connectivity index (χ0v) is 9.52. The molecule has 0 saturated carbocycles. The molecule has 0 atom stereocenters. The van der Waals surface area contributed by atoms with E-state index in [0.29, 0.717) is 13.0 Å². The Bertz CT molecular complexity index is 205. The lowest BCUT2D eigenvalue weighted by molar-refractivity contribution is -0.121. The molecule has 0 aromatic carbocycles. The van der Waals surface area contributed by atoms with E-state index >= 15 is 0 Å². The van der Waals surface area contributed by atoms with Crippen LogP contribution in [-0.2, 0) is 9.53 Å². The smallest absolute Gasteiger partial charge is 0.235 e. The van der Waals surface area contributed by atoms with E-state index in [0.717, 1.165) is 32.5 Å². The number of ether oxygens (including phenoxy) is 1. The van der Waals surface area contributed by atoms with Crippen LogP contribution in [0, 0.1) is 0 Å². The molecule has 6 heteroatoms. The number of hydrogen-bond acceptors (Lipinski definition) is 5. The summed E-state index contributed by atoms with van der Waals surface area (Å²) in [6.45, 7) is 3.12. The molecular weight excluding hydrogens is 210 g/mol. The van der Waals surface area contributed by atoms with Gasteiger partial charge in [-0.2, -0.15) is 0 Å². The van der Waals surface area contributed by atoms with Gasteiger partial charge in [0.2, 0.25) is 5.91 Å². The minimum absolute atomic E-state index is 0.0802. The molecule has 1 amide bonds. The highest BCUT2D eigenvalue weighted by molar-refractivity contribution is 5.75. The number of piperidine rings is 1. The first-order valence-electron chi connectivity index (χ1n) is 5.70. The van der Waals surface area contributed by atoms with E-state index < -0.39 is 0 Å². The molecule has 1 rings (SSSR count). The predicted molar refractivity (Wildman–Crippen MR) is 59.4 cm³/mol. The Morgan fingerprint density at radius 3 is 2.75 bits per heavy atom. The summed E-state index contributed by atoms with van der Waals surface area (Å²) in [6, 6.07) is 0. The topological polar surface area (TPSA) is 87.8 Å². The molecule has 0 spiro atoms. The third-order valence-corrected chi connectivity index (χ3v) is 2.80. The van der Waals surface area contributed by atoms with Crippen molar-refractivity contribution in [2.24, 2.45) is 5.84 Å². The molecule has 94 valence electrons. The van der Waals surface area contributed by atoms with Gasteiger partial charge in [0.05, 0.1) is 19.3 Å². The number of amides is 1. The lowest BCUT2D eigenvalue weighted by Gasteiger charge is -2.31. The number of hydrogen-bond donors (Lipinski definition) is 3. The number of nitrogens with two attached hydrogens (primary N) is 1. The Balaban J connectivity index is 2.09. The van der Waals surface area contributed by atoms with Crippen molar-refractivity contribution in [1.29, 1.82) is 0 Å². The lowest BCUT2D eigenvalue weighted by Crippen LogP contribution is -2.40. The minimum Gasteiger partial charge on any atom is -0.394 e. The van der Waals surface area contributed by atoms with Crippen LogP contribution < -0.4 is 11.3 Å². The molecule has 1 aliphatic heterocycles. The Kier molecular flexibility index (Phi) is 6.32. The van der Waals surface area contributed by atoms with Gasteiger partial charge in [-0.25, -0.2) is 5.84 Å². The van der Waals surface area contributed by atoms with E-state index in [1.807, 2.05) is 0 Å². The molecule has 0 aliphatic carbocycles. The van der Waals surface area contributed by atoms with Crippen LogP contribution >= 0.6 is 0 Å². The van der Waals surface area contributed by atoms with Gasteiger partial charge in [0.1, 0.15) is 0 Å². The molecule has 0 unspecified atom stereocenters. The lowest BCUT2D eigenvalue weighted by atomic mass is 10.1.